The molecule has 0 radical (unpaired) electrons. The number of nitrogens with zero attached hydrogens (tertiary/aromatic N) is 5. The Morgan fingerprint density at radius 2 is 1.79 bits per heavy atom. The van der Waals surface area contributed by atoms with Crippen LogP contribution in [0.4, 0.5) is 5.69 Å². The van der Waals surface area contributed by atoms with Crippen molar-refractivity contribution in [2.75, 3.05) is 44.3 Å². The summed E-state index contributed by atoms with van der Waals surface area (Å²) in [4.78, 5) is 10.3. The Balaban J connectivity index is 1.02. The molecule has 0 spiro atoms. The van der Waals surface area contributed by atoms with Crippen molar-refractivity contribution in [3.63, 3.8) is 0 Å². The molecule has 0 amide bonds. The van der Waals surface area contributed by atoms with E-state index in [1.165, 1.54) is 4.31 Å². The molecule has 0 saturated carbocycles. The molecule has 0 aliphatic carbocycles. The highest BCUT2D eigenvalue weighted by atomic mass is 35.5. The molecule has 6 rings (SSSR count). The second kappa shape index (κ2) is 12.5. The second-order valence-electron chi connectivity index (χ2n) is 10.3. The molecular formula is C29H31Cl2N5O5S. The minimum Gasteiger partial charge on any atom is -0.369 e. The Morgan fingerprint density at radius 1 is 1.02 bits per heavy atom. The Labute approximate surface area is 255 Å². The summed E-state index contributed by atoms with van der Waals surface area (Å²) in [6, 6.07) is 13.4. The molecule has 3 aliphatic rings. The highest BCUT2D eigenvalue weighted by Gasteiger charge is 2.42. The monoisotopic (exact) mass is 631 g/mol. The van der Waals surface area contributed by atoms with Gasteiger partial charge in [0.15, 0.2) is 5.03 Å². The minimum absolute atomic E-state index is 0.159. The lowest BCUT2D eigenvalue weighted by molar-refractivity contribution is -0.313. The predicted molar refractivity (Wildman–Crippen MR) is 161 cm³/mol. The maximum Gasteiger partial charge on any atom is 0.260 e. The molecular weight excluding hydrogens is 601 g/mol. The van der Waals surface area contributed by atoms with Crippen molar-refractivity contribution in [3.05, 3.63) is 93.5 Å². The molecule has 2 fully saturated rings. The van der Waals surface area contributed by atoms with Gasteiger partial charge in [0, 0.05) is 67.5 Å². The number of ether oxygens (including phenoxy) is 3. The largest absolute Gasteiger partial charge is 0.369 e. The first-order chi connectivity index (χ1) is 20.3. The molecule has 2 aromatic carbocycles. The molecule has 13 heteroatoms. The number of allylic oxidation sites excluding steroid dienone is 1. The van der Waals surface area contributed by atoms with Gasteiger partial charge in [-0.25, -0.2) is 18.4 Å². The first-order valence-corrected chi connectivity index (χ1v) is 15.9. The number of imidazole rings is 1. The molecule has 222 valence electrons. The molecule has 0 N–H and O–H groups in total. The van der Waals surface area contributed by atoms with Crippen LogP contribution in [0.3, 0.4) is 0 Å². The number of benzene rings is 2. The number of aliphatic imine (C=N–C) groups is 1. The molecule has 0 atom stereocenters. The molecule has 3 aliphatic heterocycles. The maximum absolute atomic E-state index is 12.8. The van der Waals surface area contributed by atoms with Crippen LogP contribution < -0.4 is 4.90 Å². The highest BCUT2D eigenvalue weighted by Crippen LogP contribution is 2.38. The maximum atomic E-state index is 12.8. The van der Waals surface area contributed by atoms with E-state index in [1.807, 2.05) is 41.1 Å². The summed E-state index contributed by atoms with van der Waals surface area (Å²) in [7, 11) is -3.52. The lowest BCUT2D eigenvalue weighted by Gasteiger charge is -2.41. The molecule has 0 unspecified atom stereocenters. The van der Waals surface area contributed by atoms with Gasteiger partial charge in [-0.1, -0.05) is 41.4 Å². The average molecular weight is 633 g/mol. The van der Waals surface area contributed by atoms with E-state index in [4.69, 9.17) is 37.4 Å². The first kappa shape index (κ1) is 29.3. The van der Waals surface area contributed by atoms with Crippen molar-refractivity contribution in [1.29, 1.82) is 0 Å². The number of hydrogen-bond acceptors (Lipinski definition) is 8. The Bertz CT molecular complexity index is 1550. The fourth-order valence-corrected chi connectivity index (χ4v) is 7.22. The minimum atomic E-state index is -3.52. The van der Waals surface area contributed by atoms with E-state index >= 15 is 0 Å². The van der Waals surface area contributed by atoms with Gasteiger partial charge in [0.25, 0.3) is 10.0 Å². The number of aromatic nitrogens is 2. The number of piperazine rings is 1. The van der Waals surface area contributed by atoms with Crippen molar-refractivity contribution in [2.45, 2.75) is 31.5 Å². The summed E-state index contributed by atoms with van der Waals surface area (Å²) < 4.78 is 47.7. The smallest absolute Gasteiger partial charge is 0.260 e. The average Bonchev–Trinajstić information content (AvgIpc) is 3.73. The summed E-state index contributed by atoms with van der Waals surface area (Å²) in [6.07, 6.45) is 8.83. The summed E-state index contributed by atoms with van der Waals surface area (Å²) in [6.45, 7) is 3.48. The number of halogens is 2. The summed E-state index contributed by atoms with van der Waals surface area (Å²) in [5, 5.41) is 1.16. The molecule has 3 aromatic rings. The number of hydrogen-bond donors (Lipinski definition) is 0. The Kier molecular flexibility index (Phi) is 8.69. The molecule has 4 heterocycles. The van der Waals surface area contributed by atoms with Crippen LogP contribution in [0.5, 0.6) is 0 Å². The van der Waals surface area contributed by atoms with Crippen molar-refractivity contribution < 1.29 is 22.6 Å². The third kappa shape index (κ3) is 6.28. The van der Waals surface area contributed by atoms with E-state index in [2.05, 4.69) is 14.9 Å². The van der Waals surface area contributed by atoms with Crippen LogP contribution in [-0.2, 0) is 43.2 Å². The lowest BCUT2D eigenvalue weighted by atomic mass is 10.0. The van der Waals surface area contributed by atoms with Crippen LogP contribution in [0.15, 0.2) is 77.3 Å². The zero-order chi connectivity index (χ0) is 29.2. The summed E-state index contributed by atoms with van der Waals surface area (Å²) >= 11 is 12.7. The molecule has 1 aromatic heterocycles. The lowest BCUT2D eigenvalue weighted by Crippen LogP contribution is -2.48. The van der Waals surface area contributed by atoms with Gasteiger partial charge in [0.05, 0.1) is 37.7 Å². The highest BCUT2D eigenvalue weighted by molar-refractivity contribution is 7.93. The van der Waals surface area contributed by atoms with E-state index in [0.29, 0.717) is 74.6 Å². The zero-order valence-electron chi connectivity index (χ0n) is 22.8. The zero-order valence-corrected chi connectivity index (χ0v) is 25.1. The van der Waals surface area contributed by atoms with Gasteiger partial charge in [0.2, 0.25) is 5.79 Å². The summed E-state index contributed by atoms with van der Waals surface area (Å²) in [5.41, 5.74) is 2.75. The normalized spacial score (nSPS) is 23.3. The third-order valence-electron chi connectivity index (χ3n) is 7.54. The summed E-state index contributed by atoms with van der Waals surface area (Å²) in [5.74, 6) is -1.10. The Morgan fingerprint density at radius 3 is 2.43 bits per heavy atom. The van der Waals surface area contributed by atoms with Crippen LogP contribution in [0.2, 0.25) is 10.0 Å². The van der Waals surface area contributed by atoms with Crippen LogP contribution in [0.25, 0.3) is 0 Å². The van der Waals surface area contributed by atoms with E-state index in [-0.39, 0.29) is 11.1 Å². The third-order valence-corrected chi connectivity index (χ3v) is 9.94. The second-order valence-corrected chi connectivity index (χ2v) is 13.0. The fraction of sp³-hybridized carbons (Fsp3) is 0.379. The standard InChI is InChI=1S/C29H31Cl2N5O5S/c30-23-5-8-26(27(31)16-23)29(20-34-11-10-32-21-34)40-18-25(19-41-29)39-17-22-3-6-24(7-4-22)35-12-14-36(15-13-35)42(37,38)28-2-1-9-33-28/h2-11,16,21,25H,1,12-15,17-20H2. The van der Waals surface area contributed by atoms with Gasteiger partial charge in [-0.05, 0) is 35.9 Å². The van der Waals surface area contributed by atoms with Gasteiger partial charge in [-0.3, -0.25) is 0 Å². The van der Waals surface area contributed by atoms with Crippen molar-refractivity contribution in [3.8, 4) is 0 Å². The SMILES string of the molecule is O=S(=O)(C1=CCC=N1)N1CCN(c2ccc(COC3COC(Cn4ccnc4)(c4ccc(Cl)cc4Cl)OC3)cc2)CC1. The number of rotatable bonds is 9. The van der Waals surface area contributed by atoms with Gasteiger partial charge in [-0.15, -0.1) is 0 Å². The predicted octanol–water partition coefficient (Wildman–Crippen LogP) is 4.44. The molecule has 10 nitrogen and oxygen atoms in total. The first-order valence-electron chi connectivity index (χ1n) is 13.7. The Hall–Kier alpha value is -2.77. The van der Waals surface area contributed by atoms with Crippen molar-refractivity contribution in [2.24, 2.45) is 4.99 Å². The van der Waals surface area contributed by atoms with Gasteiger partial charge in [0.1, 0.15) is 6.10 Å². The molecule has 42 heavy (non-hydrogen) atoms. The molecule has 0 bridgehead atoms. The van der Waals surface area contributed by atoms with Crippen LogP contribution >= 0.6 is 23.2 Å². The number of sulfonamides is 1. The quantitative estimate of drug-likeness (QED) is 0.344. The van der Waals surface area contributed by atoms with Crippen LogP contribution in [0.1, 0.15) is 17.5 Å². The van der Waals surface area contributed by atoms with Crippen molar-refractivity contribution in [1.82, 2.24) is 13.9 Å². The van der Waals surface area contributed by atoms with Crippen LogP contribution in [0, 0.1) is 0 Å². The van der Waals surface area contributed by atoms with E-state index < -0.39 is 15.8 Å². The molecule has 2 saturated heterocycles. The topological polar surface area (TPSA) is 98.5 Å². The van der Waals surface area contributed by atoms with Gasteiger partial charge in [-0.2, -0.15) is 4.31 Å². The van der Waals surface area contributed by atoms with Crippen molar-refractivity contribution >= 4 is 45.1 Å². The van der Waals surface area contributed by atoms with E-state index in [0.717, 1.165) is 11.3 Å². The fourth-order valence-electron chi connectivity index (χ4n) is 5.25. The van der Waals surface area contributed by atoms with Gasteiger partial charge >= 0.3 is 0 Å². The van der Waals surface area contributed by atoms with Crippen LogP contribution in [-0.4, -0.2) is 74.0 Å². The van der Waals surface area contributed by atoms with E-state index in [1.54, 1.807) is 36.9 Å². The number of anilines is 1. The van der Waals surface area contributed by atoms with Gasteiger partial charge < -0.3 is 23.7 Å². The van der Waals surface area contributed by atoms with E-state index in [9.17, 15) is 8.42 Å².